The van der Waals surface area contributed by atoms with E-state index in [-0.39, 0.29) is 17.2 Å². The van der Waals surface area contributed by atoms with Crippen molar-refractivity contribution in [3.63, 3.8) is 0 Å². The minimum Gasteiger partial charge on any atom is -0.461 e. The van der Waals surface area contributed by atoms with Crippen LogP contribution >= 0.6 is 0 Å². The Kier molecular flexibility index (Phi) is 3.05. The molecule has 1 aromatic rings. The van der Waals surface area contributed by atoms with E-state index in [1.54, 1.807) is 13.8 Å². The predicted octanol–water partition coefficient (Wildman–Crippen LogP) is 2.65. The lowest BCUT2D eigenvalue weighted by molar-refractivity contribution is 0.0519. The van der Waals surface area contributed by atoms with Crippen LogP contribution in [-0.2, 0) is 11.2 Å². The van der Waals surface area contributed by atoms with Crippen LogP contribution in [0.1, 0.15) is 59.3 Å². The Morgan fingerprint density at radius 2 is 2.06 bits per heavy atom. The van der Waals surface area contributed by atoms with Crippen LogP contribution in [0.15, 0.2) is 0 Å². The Balaban J connectivity index is 2.45. The monoisotopic (exact) mass is 249 g/mol. The first-order chi connectivity index (χ1) is 8.35. The molecule has 0 unspecified atom stereocenters. The molecule has 0 saturated carbocycles. The van der Waals surface area contributed by atoms with E-state index >= 15 is 0 Å². The van der Waals surface area contributed by atoms with Gasteiger partial charge in [-0.15, -0.1) is 0 Å². The Hall–Kier alpha value is -1.58. The summed E-state index contributed by atoms with van der Waals surface area (Å²) in [6.45, 7) is 8.03. The Morgan fingerprint density at radius 1 is 1.39 bits per heavy atom. The molecule has 1 heterocycles. The van der Waals surface area contributed by atoms with Gasteiger partial charge in [-0.25, -0.2) is 4.79 Å². The maximum Gasteiger partial charge on any atom is 0.355 e. The molecule has 1 aliphatic rings. The number of rotatable bonds is 2. The number of aromatic nitrogens is 1. The summed E-state index contributed by atoms with van der Waals surface area (Å²) in [4.78, 5) is 27.0. The second kappa shape index (κ2) is 4.26. The average Bonchev–Trinajstić information content (AvgIpc) is 2.54. The molecule has 4 heteroatoms. The van der Waals surface area contributed by atoms with Crippen molar-refractivity contribution in [1.29, 1.82) is 0 Å². The number of fused-ring (bicyclic) bond motifs is 1. The number of Topliss-reactive ketones (excluding diaryl/α,β-unsaturated/α-hetero) is 1. The van der Waals surface area contributed by atoms with Gasteiger partial charge >= 0.3 is 5.97 Å². The highest BCUT2D eigenvalue weighted by molar-refractivity contribution is 6.03. The molecule has 1 aromatic heterocycles. The van der Waals surface area contributed by atoms with Gasteiger partial charge in [0.1, 0.15) is 5.69 Å². The molecule has 0 atom stereocenters. The van der Waals surface area contributed by atoms with Crippen molar-refractivity contribution >= 4 is 11.8 Å². The maximum absolute atomic E-state index is 12.1. The third-order valence-corrected chi connectivity index (χ3v) is 3.38. The number of esters is 1. The molecule has 0 bridgehead atoms. The smallest absolute Gasteiger partial charge is 0.355 e. The molecule has 0 saturated heterocycles. The molecule has 18 heavy (non-hydrogen) atoms. The van der Waals surface area contributed by atoms with Crippen molar-refractivity contribution in [3.05, 3.63) is 22.5 Å². The van der Waals surface area contributed by atoms with Gasteiger partial charge < -0.3 is 9.72 Å². The summed E-state index contributed by atoms with van der Waals surface area (Å²) in [7, 11) is 0. The largest absolute Gasteiger partial charge is 0.461 e. The number of carbonyl (C=O) groups excluding carboxylic acids is 2. The second-order valence-electron chi connectivity index (χ2n) is 5.64. The molecule has 2 rings (SSSR count). The molecule has 98 valence electrons. The van der Waals surface area contributed by atoms with E-state index in [0.717, 1.165) is 17.7 Å². The number of aromatic amines is 1. The third-order valence-electron chi connectivity index (χ3n) is 3.38. The van der Waals surface area contributed by atoms with Crippen LogP contribution in [0.2, 0.25) is 0 Å². The molecular formula is C14H19NO3. The fraction of sp³-hybridized carbons (Fsp3) is 0.571. The van der Waals surface area contributed by atoms with E-state index in [1.165, 1.54) is 0 Å². The summed E-state index contributed by atoms with van der Waals surface area (Å²) in [6.07, 6.45) is 1.31. The molecule has 1 aliphatic carbocycles. The summed E-state index contributed by atoms with van der Waals surface area (Å²) in [6, 6.07) is 0. The summed E-state index contributed by atoms with van der Waals surface area (Å²) >= 11 is 0. The number of H-pyrrole nitrogens is 1. The number of hydrogen-bond acceptors (Lipinski definition) is 3. The number of hydrogen-bond donors (Lipinski definition) is 1. The van der Waals surface area contributed by atoms with E-state index in [2.05, 4.69) is 18.8 Å². The summed E-state index contributed by atoms with van der Waals surface area (Å²) in [5.74, 6) is -0.263. The summed E-state index contributed by atoms with van der Waals surface area (Å²) < 4.78 is 4.99. The van der Waals surface area contributed by atoms with Gasteiger partial charge in [-0.3, -0.25) is 4.79 Å². The van der Waals surface area contributed by atoms with Gasteiger partial charge in [0.25, 0.3) is 0 Å². The van der Waals surface area contributed by atoms with Crippen LogP contribution in [0.3, 0.4) is 0 Å². The van der Waals surface area contributed by atoms with Gasteiger partial charge in [-0.05, 0) is 31.2 Å². The van der Waals surface area contributed by atoms with Crippen LogP contribution < -0.4 is 0 Å². The number of ketones is 1. The lowest BCUT2D eigenvalue weighted by atomic mass is 9.75. The second-order valence-corrected chi connectivity index (χ2v) is 5.64. The minimum atomic E-state index is -0.380. The van der Waals surface area contributed by atoms with E-state index < -0.39 is 0 Å². The molecule has 0 spiro atoms. The molecule has 0 aromatic carbocycles. The molecule has 4 nitrogen and oxygen atoms in total. The van der Waals surface area contributed by atoms with Gasteiger partial charge in [0, 0.05) is 17.7 Å². The van der Waals surface area contributed by atoms with E-state index in [9.17, 15) is 9.59 Å². The zero-order valence-corrected chi connectivity index (χ0v) is 11.3. The molecular weight excluding hydrogens is 230 g/mol. The maximum atomic E-state index is 12.1. The van der Waals surface area contributed by atoms with E-state index in [4.69, 9.17) is 4.74 Å². The zero-order valence-electron chi connectivity index (χ0n) is 11.3. The molecule has 1 N–H and O–H groups in total. The van der Waals surface area contributed by atoms with Crippen LogP contribution in [0.25, 0.3) is 0 Å². The first-order valence-corrected chi connectivity index (χ1v) is 6.27. The lowest BCUT2D eigenvalue weighted by Crippen LogP contribution is -2.26. The summed E-state index contributed by atoms with van der Waals surface area (Å²) in [5, 5.41) is 0. The van der Waals surface area contributed by atoms with Gasteiger partial charge in [-0.1, -0.05) is 13.8 Å². The quantitative estimate of drug-likeness (QED) is 0.820. The topological polar surface area (TPSA) is 59.2 Å². The fourth-order valence-corrected chi connectivity index (χ4v) is 2.64. The lowest BCUT2D eigenvalue weighted by Gasteiger charge is -2.28. The Labute approximate surface area is 107 Å². The molecule has 0 radical (unpaired) electrons. The van der Waals surface area contributed by atoms with Crippen molar-refractivity contribution in [2.24, 2.45) is 5.41 Å². The SMILES string of the molecule is CCOC(=O)c1[nH]c2c(c1C)C(=O)CC(C)(C)C2. The number of ether oxygens (including phenoxy) is 1. The van der Waals surface area contributed by atoms with Crippen LogP contribution in [0.4, 0.5) is 0 Å². The van der Waals surface area contributed by atoms with Gasteiger partial charge in [0.15, 0.2) is 5.78 Å². The van der Waals surface area contributed by atoms with Crippen molar-refractivity contribution in [1.82, 2.24) is 4.98 Å². The molecule has 0 amide bonds. The van der Waals surface area contributed by atoms with Crippen LogP contribution in [0, 0.1) is 12.3 Å². The predicted molar refractivity (Wildman–Crippen MR) is 67.9 cm³/mol. The van der Waals surface area contributed by atoms with Crippen molar-refractivity contribution in [2.45, 2.75) is 40.5 Å². The number of carbonyl (C=O) groups is 2. The van der Waals surface area contributed by atoms with Crippen molar-refractivity contribution in [3.8, 4) is 0 Å². The van der Waals surface area contributed by atoms with E-state index in [0.29, 0.717) is 24.3 Å². The van der Waals surface area contributed by atoms with E-state index in [1.807, 2.05) is 0 Å². The molecule has 0 aliphatic heterocycles. The van der Waals surface area contributed by atoms with Crippen LogP contribution in [-0.4, -0.2) is 23.3 Å². The Bertz CT molecular complexity index is 511. The zero-order chi connectivity index (χ0) is 13.5. The highest BCUT2D eigenvalue weighted by atomic mass is 16.5. The van der Waals surface area contributed by atoms with Gasteiger partial charge in [0.2, 0.25) is 0 Å². The van der Waals surface area contributed by atoms with Gasteiger partial charge in [0.05, 0.1) is 6.61 Å². The van der Waals surface area contributed by atoms with Gasteiger partial charge in [-0.2, -0.15) is 0 Å². The highest BCUT2D eigenvalue weighted by Gasteiger charge is 2.35. The fourth-order valence-electron chi connectivity index (χ4n) is 2.64. The highest BCUT2D eigenvalue weighted by Crippen LogP contribution is 2.36. The number of nitrogens with one attached hydrogen (secondary N) is 1. The van der Waals surface area contributed by atoms with Crippen molar-refractivity contribution < 1.29 is 14.3 Å². The Morgan fingerprint density at radius 3 is 2.67 bits per heavy atom. The average molecular weight is 249 g/mol. The standard InChI is InChI=1S/C14H19NO3/c1-5-18-13(17)12-8(2)11-9(15-12)6-14(3,4)7-10(11)16/h15H,5-7H2,1-4H3. The normalized spacial score (nSPS) is 17.4. The molecule has 0 fully saturated rings. The van der Waals surface area contributed by atoms with Crippen LogP contribution in [0.5, 0.6) is 0 Å². The summed E-state index contributed by atoms with van der Waals surface area (Å²) in [5.41, 5.74) is 2.67. The minimum absolute atomic E-state index is 0.0483. The first-order valence-electron chi connectivity index (χ1n) is 6.27. The van der Waals surface area contributed by atoms with Crippen molar-refractivity contribution in [2.75, 3.05) is 6.61 Å². The third kappa shape index (κ3) is 2.07. The first kappa shape index (κ1) is 12.9.